The number of methoxy groups -OCH3 is 1. The minimum atomic E-state index is -1.10. The molecule has 140 valence electrons. The van der Waals surface area contributed by atoms with Crippen LogP contribution in [-0.4, -0.2) is 53.1 Å². The van der Waals surface area contributed by atoms with E-state index in [0.29, 0.717) is 6.61 Å². The first kappa shape index (κ1) is 19.5. The summed E-state index contributed by atoms with van der Waals surface area (Å²) in [7, 11) is 1.55. The average molecular weight is 361 g/mol. The molecule has 1 aromatic carbocycles. The molecule has 0 spiro atoms. The van der Waals surface area contributed by atoms with Crippen molar-refractivity contribution in [3.05, 3.63) is 42.2 Å². The van der Waals surface area contributed by atoms with E-state index < -0.39 is 17.9 Å². The number of para-hydroxylation sites is 1. The number of carboxylic acids is 1. The molecule has 2 N–H and O–H groups in total. The Balaban J connectivity index is 2.30. The standard InChI is InChI=1S/C18H23N3O5/c1-12(2)15(18(23)24)19-17(22)16-14(26-10-9-25-3)11-21(20-16)13-7-5-4-6-8-13/h4-8,11-12,15H,9-10H2,1-3H3,(H,19,22)(H,23,24)/t15-/m1/s1. The lowest BCUT2D eigenvalue weighted by Gasteiger charge is -2.17. The van der Waals surface area contributed by atoms with Crippen LogP contribution in [0.1, 0.15) is 24.3 Å². The zero-order chi connectivity index (χ0) is 19.1. The average Bonchev–Trinajstić information content (AvgIpc) is 3.04. The largest absolute Gasteiger partial charge is 0.487 e. The van der Waals surface area contributed by atoms with Crippen molar-refractivity contribution in [2.75, 3.05) is 20.3 Å². The monoisotopic (exact) mass is 361 g/mol. The second-order valence-corrected chi connectivity index (χ2v) is 6.00. The fourth-order valence-corrected chi connectivity index (χ4v) is 2.29. The predicted octanol–water partition coefficient (Wildman–Crippen LogP) is 1.74. The molecule has 0 saturated carbocycles. The molecule has 8 nitrogen and oxygen atoms in total. The lowest BCUT2D eigenvalue weighted by atomic mass is 10.0. The van der Waals surface area contributed by atoms with Crippen LogP contribution in [-0.2, 0) is 9.53 Å². The van der Waals surface area contributed by atoms with Crippen LogP contribution >= 0.6 is 0 Å². The van der Waals surface area contributed by atoms with E-state index in [1.54, 1.807) is 27.2 Å². The highest BCUT2D eigenvalue weighted by Crippen LogP contribution is 2.20. The van der Waals surface area contributed by atoms with Gasteiger partial charge in [-0.1, -0.05) is 32.0 Å². The highest BCUT2D eigenvalue weighted by molar-refractivity contribution is 5.97. The molecule has 2 rings (SSSR count). The fourth-order valence-electron chi connectivity index (χ4n) is 2.29. The summed E-state index contributed by atoms with van der Waals surface area (Å²) >= 11 is 0. The molecule has 0 saturated heterocycles. The van der Waals surface area contributed by atoms with Gasteiger partial charge in [0.2, 0.25) is 0 Å². The van der Waals surface area contributed by atoms with Crippen LogP contribution in [0.25, 0.3) is 5.69 Å². The number of nitrogens with zero attached hydrogens (tertiary/aromatic N) is 2. The van der Waals surface area contributed by atoms with Crippen molar-refractivity contribution in [1.29, 1.82) is 0 Å². The maximum Gasteiger partial charge on any atom is 0.326 e. The Morgan fingerprint density at radius 3 is 2.50 bits per heavy atom. The van der Waals surface area contributed by atoms with Gasteiger partial charge >= 0.3 is 5.97 Å². The number of nitrogens with one attached hydrogen (secondary N) is 1. The Morgan fingerprint density at radius 1 is 1.23 bits per heavy atom. The quantitative estimate of drug-likeness (QED) is 0.660. The van der Waals surface area contributed by atoms with Crippen molar-refractivity contribution in [1.82, 2.24) is 15.1 Å². The van der Waals surface area contributed by atoms with Crippen LogP contribution in [0.3, 0.4) is 0 Å². The van der Waals surface area contributed by atoms with E-state index in [-0.39, 0.29) is 24.0 Å². The molecule has 1 amide bonds. The molecule has 1 atom stereocenters. The van der Waals surface area contributed by atoms with E-state index in [4.69, 9.17) is 9.47 Å². The van der Waals surface area contributed by atoms with E-state index in [0.717, 1.165) is 5.69 Å². The highest BCUT2D eigenvalue weighted by atomic mass is 16.5. The van der Waals surface area contributed by atoms with Gasteiger partial charge in [0, 0.05) is 7.11 Å². The van der Waals surface area contributed by atoms with Crippen molar-refractivity contribution in [3.63, 3.8) is 0 Å². The molecule has 1 aromatic heterocycles. The first-order valence-electron chi connectivity index (χ1n) is 8.24. The Bertz CT molecular complexity index is 743. The number of rotatable bonds is 9. The van der Waals surface area contributed by atoms with Crippen LogP contribution in [0, 0.1) is 5.92 Å². The van der Waals surface area contributed by atoms with Crippen LogP contribution in [0.2, 0.25) is 0 Å². The van der Waals surface area contributed by atoms with Crippen molar-refractivity contribution in [2.45, 2.75) is 19.9 Å². The molecule has 0 aliphatic heterocycles. The number of carboxylic acid groups (broad SMARTS) is 1. The highest BCUT2D eigenvalue weighted by Gasteiger charge is 2.27. The molecule has 0 aliphatic carbocycles. The zero-order valence-electron chi connectivity index (χ0n) is 15.0. The fraction of sp³-hybridized carbons (Fsp3) is 0.389. The number of hydrogen-bond donors (Lipinski definition) is 2. The topological polar surface area (TPSA) is 103 Å². The third-order valence-electron chi connectivity index (χ3n) is 3.68. The molecule has 26 heavy (non-hydrogen) atoms. The van der Waals surface area contributed by atoms with Gasteiger partial charge in [-0.05, 0) is 18.1 Å². The van der Waals surface area contributed by atoms with E-state index in [9.17, 15) is 14.7 Å². The van der Waals surface area contributed by atoms with Gasteiger partial charge in [-0.15, -0.1) is 0 Å². The number of amides is 1. The Hall–Kier alpha value is -2.87. The van der Waals surface area contributed by atoms with E-state index in [1.165, 1.54) is 4.68 Å². The van der Waals surface area contributed by atoms with Gasteiger partial charge in [-0.25, -0.2) is 9.48 Å². The van der Waals surface area contributed by atoms with Crippen LogP contribution in [0.4, 0.5) is 0 Å². The third-order valence-corrected chi connectivity index (χ3v) is 3.68. The number of carbonyl (C=O) groups is 2. The normalized spacial score (nSPS) is 12.0. The Labute approximate surface area is 151 Å². The summed E-state index contributed by atoms with van der Waals surface area (Å²) in [6.45, 7) is 4.03. The van der Waals surface area contributed by atoms with Gasteiger partial charge in [-0.2, -0.15) is 5.10 Å². The molecule has 0 unspecified atom stereocenters. The summed E-state index contributed by atoms with van der Waals surface area (Å²) in [6.07, 6.45) is 1.59. The summed E-state index contributed by atoms with van der Waals surface area (Å²) in [6, 6.07) is 8.22. The summed E-state index contributed by atoms with van der Waals surface area (Å²) in [4.78, 5) is 23.9. The molecular weight excluding hydrogens is 338 g/mol. The number of carbonyl (C=O) groups excluding carboxylic acids is 1. The minimum Gasteiger partial charge on any atom is -0.487 e. The number of hydrogen-bond acceptors (Lipinski definition) is 5. The number of aliphatic carboxylic acids is 1. The molecule has 0 bridgehead atoms. The molecule has 0 radical (unpaired) electrons. The predicted molar refractivity (Wildman–Crippen MR) is 94.7 cm³/mol. The summed E-state index contributed by atoms with van der Waals surface area (Å²) in [5.74, 6) is -1.72. The van der Waals surface area contributed by atoms with Gasteiger partial charge in [0.05, 0.1) is 18.5 Å². The molecular formula is C18H23N3O5. The zero-order valence-corrected chi connectivity index (χ0v) is 15.0. The van der Waals surface area contributed by atoms with Gasteiger partial charge in [0.1, 0.15) is 12.6 Å². The smallest absolute Gasteiger partial charge is 0.326 e. The molecule has 1 heterocycles. The SMILES string of the molecule is COCCOc1cn(-c2ccccc2)nc1C(=O)N[C@@H](C(=O)O)C(C)C. The van der Waals surface area contributed by atoms with E-state index in [2.05, 4.69) is 10.4 Å². The van der Waals surface area contributed by atoms with Crippen molar-refractivity contribution >= 4 is 11.9 Å². The molecule has 0 aliphatic rings. The van der Waals surface area contributed by atoms with Gasteiger partial charge in [0.15, 0.2) is 11.4 Å². The van der Waals surface area contributed by atoms with Gasteiger partial charge in [-0.3, -0.25) is 4.79 Å². The maximum absolute atomic E-state index is 12.6. The molecule has 0 fully saturated rings. The first-order chi connectivity index (χ1) is 12.4. The second-order valence-electron chi connectivity index (χ2n) is 6.00. The van der Waals surface area contributed by atoms with Gasteiger partial charge in [0.25, 0.3) is 5.91 Å². The summed E-state index contributed by atoms with van der Waals surface area (Å²) < 4.78 is 12.1. The second kappa shape index (κ2) is 9.00. The maximum atomic E-state index is 12.6. The number of aromatic nitrogens is 2. The minimum absolute atomic E-state index is 0.0249. The van der Waals surface area contributed by atoms with E-state index >= 15 is 0 Å². The van der Waals surface area contributed by atoms with Crippen LogP contribution in [0.15, 0.2) is 36.5 Å². The Morgan fingerprint density at radius 2 is 1.92 bits per heavy atom. The summed E-state index contributed by atoms with van der Waals surface area (Å²) in [5.41, 5.74) is 0.777. The van der Waals surface area contributed by atoms with Crippen LogP contribution < -0.4 is 10.1 Å². The Kier molecular flexibility index (Phi) is 6.74. The summed E-state index contributed by atoms with van der Waals surface area (Å²) in [5, 5.41) is 16.1. The number of benzene rings is 1. The lowest BCUT2D eigenvalue weighted by Crippen LogP contribution is -2.44. The van der Waals surface area contributed by atoms with Gasteiger partial charge < -0.3 is 19.9 Å². The lowest BCUT2D eigenvalue weighted by molar-refractivity contribution is -0.140. The number of ether oxygens (including phenoxy) is 2. The van der Waals surface area contributed by atoms with Crippen molar-refractivity contribution < 1.29 is 24.2 Å². The first-order valence-corrected chi connectivity index (χ1v) is 8.24. The van der Waals surface area contributed by atoms with Crippen LogP contribution in [0.5, 0.6) is 5.75 Å². The van der Waals surface area contributed by atoms with Crippen molar-refractivity contribution in [2.24, 2.45) is 5.92 Å². The third kappa shape index (κ3) is 4.82. The van der Waals surface area contributed by atoms with Crippen molar-refractivity contribution in [3.8, 4) is 11.4 Å². The van der Waals surface area contributed by atoms with E-state index in [1.807, 2.05) is 30.3 Å². The molecule has 2 aromatic rings. The molecule has 8 heteroatoms.